The van der Waals surface area contributed by atoms with Gasteiger partial charge in [0.05, 0.1) is 10.1 Å². The van der Waals surface area contributed by atoms with Gasteiger partial charge in [0.1, 0.15) is 5.75 Å². The number of benzene rings is 4. The molecule has 0 aliphatic rings. The summed E-state index contributed by atoms with van der Waals surface area (Å²) in [5, 5.41) is 9.42. The quantitative estimate of drug-likeness (QED) is 0.242. The molecule has 5 rings (SSSR count). The van der Waals surface area contributed by atoms with Gasteiger partial charge in [0, 0.05) is 5.69 Å². The van der Waals surface area contributed by atoms with E-state index in [1.807, 2.05) is 71.3 Å². The van der Waals surface area contributed by atoms with Crippen LogP contribution in [-0.2, 0) is 15.6 Å². The lowest BCUT2D eigenvalue weighted by atomic mass is 10.0. The summed E-state index contributed by atoms with van der Waals surface area (Å²) >= 11 is 1.55. The number of nitrogens with zero attached hydrogens (tertiary/aromatic N) is 3. The van der Waals surface area contributed by atoms with Gasteiger partial charge in [0.25, 0.3) is 0 Å². The summed E-state index contributed by atoms with van der Waals surface area (Å²) in [4.78, 5) is 0.267. The fraction of sp³-hybridized carbons (Fsp3) is 0.0714. The van der Waals surface area contributed by atoms with Crippen LogP contribution in [0.15, 0.2) is 131 Å². The van der Waals surface area contributed by atoms with Gasteiger partial charge in [-0.3, -0.25) is 4.57 Å². The summed E-state index contributed by atoms with van der Waals surface area (Å²) in [5.41, 5.74) is 3.08. The molecular formula is C28H23N3O2S2. The molecule has 5 aromatic rings. The van der Waals surface area contributed by atoms with Crippen molar-refractivity contribution in [1.82, 2.24) is 14.8 Å². The molecule has 0 atom stereocenters. The van der Waals surface area contributed by atoms with Crippen molar-refractivity contribution >= 4 is 21.6 Å². The zero-order valence-electron chi connectivity index (χ0n) is 18.8. The molecule has 0 bridgehead atoms. The first-order valence-electron chi connectivity index (χ1n) is 11.2. The maximum Gasteiger partial charge on any atom is 0.196 e. The zero-order chi connectivity index (χ0) is 24.1. The summed E-state index contributed by atoms with van der Waals surface area (Å²) in [6.45, 7) is 0. The highest BCUT2D eigenvalue weighted by molar-refractivity contribution is 7.99. The summed E-state index contributed by atoms with van der Waals surface area (Å²) < 4.78 is 28.2. The lowest BCUT2D eigenvalue weighted by Gasteiger charge is -2.18. The third kappa shape index (κ3) is 5.21. The Morgan fingerprint density at radius 3 is 1.69 bits per heavy atom. The molecule has 7 heteroatoms. The van der Waals surface area contributed by atoms with Crippen molar-refractivity contribution in [1.29, 1.82) is 0 Å². The standard InChI is InChI=1S/C28H23N3O2S2/c32-35(33,25-19-11-4-12-20-25)21-26-29-30-28(31(26)24-17-9-3-10-18-24)34-27(22-13-5-1-6-14-22)23-15-7-2-8-16-23/h1-20,27H,21H2. The second-order valence-electron chi connectivity index (χ2n) is 7.96. The molecule has 0 saturated heterocycles. The number of hydrogen-bond donors (Lipinski definition) is 0. The van der Waals surface area contributed by atoms with E-state index in [-0.39, 0.29) is 15.9 Å². The minimum absolute atomic E-state index is 0.0392. The fourth-order valence-corrected chi connectivity index (χ4v) is 6.34. The van der Waals surface area contributed by atoms with E-state index in [1.54, 1.807) is 42.1 Å². The molecule has 0 fully saturated rings. The Balaban J connectivity index is 1.58. The van der Waals surface area contributed by atoms with E-state index >= 15 is 0 Å². The molecule has 35 heavy (non-hydrogen) atoms. The molecule has 5 nitrogen and oxygen atoms in total. The lowest BCUT2D eigenvalue weighted by molar-refractivity contribution is 0.593. The van der Waals surface area contributed by atoms with Crippen LogP contribution >= 0.6 is 11.8 Å². The molecule has 0 aliphatic heterocycles. The second-order valence-corrected chi connectivity index (χ2v) is 11.0. The number of aromatic nitrogens is 3. The van der Waals surface area contributed by atoms with Crippen molar-refractivity contribution in [2.45, 2.75) is 21.1 Å². The maximum atomic E-state index is 13.2. The summed E-state index contributed by atoms with van der Waals surface area (Å²) in [7, 11) is -3.60. The number of sulfone groups is 1. The van der Waals surface area contributed by atoms with E-state index in [0.29, 0.717) is 11.0 Å². The Hall–Kier alpha value is -3.68. The van der Waals surface area contributed by atoms with Crippen LogP contribution in [0.2, 0.25) is 0 Å². The molecule has 0 spiro atoms. The van der Waals surface area contributed by atoms with Gasteiger partial charge in [-0.2, -0.15) is 0 Å². The average molecular weight is 498 g/mol. The van der Waals surface area contributed by atoms with Crippen molar-refractivity contribution < 1.29 is 8.42 Å². The largest absolute Gasteiger partial charge is 0.273 e. The second kappa shape index (κ2) is 10.3. The maximum absolute atomic E-state index is 13.2. The molecule has 0 saturated carbocycles. The van der Waals surface area contributed by atoms with Crippen molar-refractivity contribution in [3.63, 3.8) is 0 Å². The third-order valence-corrected chi connectivity index (χ3v) is 8.45. The number of rotatable bonds is 8. The average Bonchev–Trinajstić information content (AvgIpc) is 3.30. The van der Waals surface area contributed by atoms with Gasteiger partial charge in [-0.25, -0.2) is 8.42 Å². The third-order valence-electron chi connectivity index (χ3n) is 5.56. The van der Waals surface area contributed by atoms with Gasteiger partial charge in [-0.15, -0.1) is 10.2 Å². The Morgan fingerprint density at radius 2 is 1.14 bits per heavy atom. The highest BCUT2D eigenvalue weighted by Gasteiger charge is 2.25. The van der Waals surface area contributed by atoms with Crippen molar-refractivity contribution in [3.05, 3.63) is 138 Å². The fourth-order valence-electron chi connectivity index (χ4n) is 3.88. The predicted octanol–water partition coefficient (Wildman–Crippen LogP) is 6.12. The monoisotopic (exact) mass is 497 g/mol. The van der Waals surface area contributed by atoms with Gasteiger partial charge in [0.2, 0.25) is 0 Å². The van der Waals surface area contributed by atoms with Crippen molar-refractivity contribution in [2.24, 2.45) is 0 Å². The van der Waals surface area contributed by atoms with Crippen molar-refractivity contribution in [3.8, 4) is 5.69 Å². The Labute approximate surface area is 209 Å². The first-order chi connectivity index (χ1) is 17.1. The topological polar surface area (TPSA) is 64.8 Å². The SMILES string of the molecule is O=S(=O)(Cc1nnc(SC(c2ccccc2)c2ccccc2)n1-c1ccccc1)c1ccccc1. The van der Waals surface area contributed by atoms with Gasteiger partial charge in [-0.05, 0) is 35.4 Å². The molecule has 1 heterocycles. The van der Waals surface area contributed by atoms with Crippen molar-refractivity contribution in [2.75, 3.05) is 0 Å². The van der Waals surface area contributed by atoms with Gasteiger partial charge >= 0.3 is 0 Å². The minimum Gasteiger partial charge on any atom is -0.273 e. The molecule has 0 N–H and O–H groups in total. The highest BCUT2D eigenvalue weighted by atomic mass is 32.2. The van der Waals surface area contributed by atoms with E-state index in [9.17, 15) is 8.42 Å². The Bertz CT molecular complexity index is 1450. The molecule has 0 unspecified atom stereocenters. The first kappa shape index (κ1) is 23.1. The number of para-hydroxylation sites is 1. The first-order valence-corrected chi connectivity index (χ1v) is 13.7. The van der Waals surface area contributed by atoms with Crippen LogP contribution in [-0.4, -0.2) is 23.2 Å². The Morgan fingerprint density at radius 1 is 0.657 bits per heavy atom. The molecule has 1 aromatic heterocycles. The van der Waals surface area contributed by atoms with Crippen LogP contribution < -0.4 is 0 Å². The molecular weight excluding hydrogens is 474 g/mol. The molecule has 0 radical (unpaired) electrons. The molecule has 0 aliphatic carbocycles. The minimum atomic E-state index is -3.60. The summed E-state index contributed by atoms with van der Waals surface area (Å²) in [6.07, 6.45) is 0. The van der Waals surface area contributed by atoms with E-state index in [2.05, 4.69) is 34.5 Å². The van der Waals surface area contributed by atoms with Crippen LogP contribution in [0.25, 0.3) is 5.69 Å². The number of thioether (sulfide) groups is 1. The molecule has 174 valence electrons. The van der Waals surface area contributed by atoms with E-state index < -0.39 is 9.84 Å². The van der Waals surface area contributed by atoms with E-state index in [4.69, 9.17) is 0 Å². The van der Waals surface area contributed by atoms with E-state index in [1.165, 1.54) is 0 Å². The highest BCUT2D eigenvalue weighted by Crippen LogP contribution is 2.40. The smallest absolute Gasteiger partial charge is 0.196 e. The normalized spacial score (nSPS) is 11.6. The van der Waals surface area contributed by atoms with Gasteiger partial charge in [0.15, 0.2) is 20.8 Å². The predicted molar refractivity (Wildman–Crippen MR) is 139 cm³/mol. The summed E-state index contributed by atoms with van der Waals surface area (Å²) in [6, 6.07) is 38.5. The van der Waals surface area contributed by atoms with Crippen LogP contribution in [0.5, 0.6) is 0 Å². The summed E-state index contributed by atoms with van der Waals surface area (Å²) in [5.74, 6) is 0.128. The van der Waals surface area contributed by atoms with Gasteiger partial charge < -0.3 is 0 Å². The molecule has 0 amide bonds. The van der Waals surface area contributed by atoms with Gasteiger partial charge in [-0.1, -0.05) is 109 Å². The molecule has 4 aromatic carbocycles. The zero-order valence-corrected chi connectivity index (χ0v) is 20.4. The van der Waals surface area contributed by atoms with Crippen LogP contribution in [0.1, 0.15) is 22.2 Å². The van der Waals surface area contributed by atoms with Crippen LogP contribution in [0, 0.1) is 0 Å². The van der Waals surface area contributed by atoms with E-state index in [0.717, 1.165) is 16.8 Å². The van der Waals surface area contributed by atoms with Crippen LogP contribution in [0.3, 0.4) is 0 Å². The lowest BCUT2D eigenvalue weighted by Crippen LogP contribution is -2.11. The number of hydrogen-bond acceptors (Lipinski definition) is 5. The Kier molecular flexibility index (Phi) is 6.79. The van der Waals surface area contributed by atoms with Crippen LogP contribution in [0.4, 0.5) is 0 Å².